The number of furan rings is 1. The van der Waals surface area contributed by atoms with Gasteiger partial charge in [0.25, 0.3) is 0 Å². The van der Waals surface area contributed by atoms with Gasteiger partial charge in [0.2, 0.25) is 0 Å². The third-order valence-electron chi connectivity index (χ3n) is 3.42. The van der Waals surface area contributed by atoms with E-state index in [1.165, 1.54) is 6.26 Å². The third-order valence-corrected chi connectivity index (χ3v) is 3.42. The van der Waals surface area contributed by atoms with Gasteiger partial charge >= 0.3 is 0 Å². The van der Waals surface area contributed by atoms with Crippen molar-refractivity contribution in [2.24, 2.45) is 0 Å². The molecule has 4 nitrogen and oxygen atoms in total. The zero-order valence-corrected chi connectivity index (χ0v) is 12.1. The average molecular weight is 276 g/mol. The fraction of sp³-hybridized carbons (Fsp3) is 0.438. The lowest BCUT2D eigenvalue weighted by molar-refractivity contribution is -0.00836. The maximum atomic E-state index is 12.1. The van der Waals surface area contributed by atoms with E-state index in [0.717, 1.165) is 17.4 Å². The zero-order valence-electron chi connectivity index (χ0n) is 12.1. The van der Waals surface area contributed by atoms with Crippen LogP contribution < -0.4 is 0 Å². The van der Waals surface area contributed by atoms with Crippen LogP contribution in [0.4, 0.5) is 0 Å². The Morgan fingerprint density at radius 1 is 1.30 bits per heavy atom. The van der Waals surface area contributed by atoms with E-state index >= 15 is 0 Å². The molecule has 1 aromatic carbocycles. The summed E-state index contributed by atoms with van der Waals surface area (Å²) in [5.41, 5.74) is 1.06. The molecule has 0 saturated heterocycles. The highest BCUT2D eigenvalue weighted by Crippen LogP contribution is 2.21. The van der Waals surface area contributed by atoms with Gasteiger partial charge in [0.15, 0.2) is 5.78 Å². The third kappa shape index (κ3) is 3.46. The molecule has 0 atom stereocenters. The topological polar surface area (TPSA) is 48.7 Å². The quantitative estimate of drug-likeness (QED) is 0.574. The second-order valence-electron chi connectivity index (χ2n) is 5.34. The normalized spacial score (nSPS) is 11.9. The molecule has 0 radical (unpaired) electrons. The number of para-hydroxylation sites is 1. The number of hydrogen-bond donors (Lipinski definition) is 0. The van der Waals surface area contributed by atoms with Gasteiger partial charge in [-0.05, 0) is 26.3 Å². The molecule has 0 saturated carbocycles. The van der Waals surface area contributed by atoms with E-state index in [1.807, 2.05) is 38.1 Å². The summed E-state index contributed by atoms with van der Waals surface area (Å²) >= 11 is 0. The molecule has 20 heavy (non-hydrogen) atoms. The monoisotopic (exact) mass is 276 g/mol. The lowest BCUT2D eigenvalue weighted by Crippen LogP contribution is -2.25. The van der Waals surface area contributed by atoms with Crippen LogP contribution in [0.2, 0.25) is 0 Å². The second-order valence-corrected chi connectivity index (χ2v) is 5.34. The Kier molecular flexibility index (Phi) is 4.57. The van der Waals surface area contributed by atoms with E-state index in [1.54, 1.807) is 7.11 Å². The van der Waals surface area contributed by atoms with Crippen molar-refractivity contribution in [2.45, 2.75) is 25.9 Å². The highest BCUT2D eigenvalue weighted by Gasteiger charge is 2.17. The molecule has 0 N–H and O–H groups in total. The average Bonchev–Trinajstić information content (AvgIpc) is 2.87. The zero-order chi connectivity index (χ0) is 14.6. The van der Waals surface area contributed by atoms with E-state index in [0.29, 0.717) is 12.2 Å². The van der Waals surface area contributed by atoms with Crippen LogP contribution in [0.15, 0.2) is 34.9 Å². The number of benzene rings is 1. The van der Waals surface area contributed by atoms with Crippen molar-refractivity contribution in [1.82, 2.24) is 0 Å². The van der Waals surface area contributed by atoms with Gasteiger partial charge in [-0.2, -0.15) is 0 Å². The van der Waals surface area contributed by atoms with Crippen LogP contribution >= 0.6 is 0 Å². The molecule has 0 aliphatic rings. The molecule has 0 aliphatic heterocycles. The summed E-state index contributed by atoms with van der Waals surface area (Å²) in [5, 5.41) is 0.832. The summed E-state index contributed by atoms with van der Waals surface area (Å²) in [6, 6.07) is 7.48. The summed E-state index contributed by atoms with van der Waals surface area (Å²) in [6.07, 6.45) is 2.23. The summed E-state index contributed by atoms with van der Waals surface area (Å²) in [6.45, 7) is 4.52. The molecule has 2 rings (SSSR count). The van der Waals surface area contributed by atoms with E-state index in [9.17, 15) is 4.79 Å². The van der Waals surface area contributed by atoms with Gasteiger partial charge in [-0.15, -0.1) is 0 Å². The maximum absolute atomic E-state index is 12.1. The van der Waals surface area contributed by atoms with Crippen LogP contribution in [0.3, 0.4) is 0 Å². The predicted octanol–water partition coefficient (Wildman–Crippen LogP) is 3.45. The number of fused-ring (bicyclic) bond motifs is 1. The molecule has 0 fully saturated rings. The van der Waals surface area contributed by atoms with Crippen LogP contribution in [0, 0.1) is 0 Å². The largest absolute Gasteiger partial charge is 0.464 e. The molecule has 0 unspecified atom stereocenters. The maximum Gasteiger partial charge on any atom is 0.192 e. The fourth-order valence-electron chi connectivity index (χ4n) is 1.86. The van der Waals surface area contributed by atoms with Crippen molar-refractivity contribution in [2.75, 3.05) is 20.3 Å². The van der Waals surface area contributed by atoms with Crippen LogP contribution in [0.25, 0.3) is 11.0 Å². The van der Waals surface area contributed by atoms with Crippen molar-refractivity contribution >= 4 is 16.8 Å². The minimum atomic E-state index is -0.231. The summed E-state index contributed by atoms with van der Waals surface area (Å²) in [5.74, 6) is -0.0647. The van der Waals surface area contributed by atoms with Crippen molar-refractivity contribution < 1.29 is 18.7 Å². The van der Waals surface area contributed by atoms with Gasteiger partial charge in [-0.1, -0.05) is 18.2 Å². The number of ketones is 1. The van der Waals surface area contributed by atoms with Crippen LogP contribution in [0.1, 0.15) is 30.6 Å². The highest BCUT2D eigenvalue weighted by atomic mass is 16.5. The first-order chi connectivity index (χ1) is 9.53. The number of carbonyl (C=O) groups excluding carboxylic acids is 1. The Labute approximate surface area is 118 Å². The van der Waals surface area contributed by atoms with Gasteiger partial charge in [-0.25, -0.2) is 0 Å². The molecular formula is C16H20O4. The minimum Gasteiger partial charge on any atom is -0.464 e. The van der Waals surface area contributed by atoms with Gasteiger partial charge in [0, 0.05) is 19.1 Å². The summed E-state index contributed by atoms with van der Waals surface area (Å²) < 4.78 is 16.1. The standard InChI is InChI=1S/C16H20O4/c1-16(2,18-3)8-9-19-11-14(17)13-10-20-15-7-5-4-6-12(13)15/h4-7,10H,8-9,11H2,1-3H3. The Balaban J connectivity index is 1.90. The van der Waals surface area contributed by atoms with Crippen LogP contribution in [-0.4, -0.2) is 31.7 Å². The Morgan fingerprint density at radius 3 is 2.80 bits per heavy atom. The van der Waals surface area contributed by atoms with Gasteiger partial charge in [-0.3, -0.25) is 4.79 Å². The van der Waals surface area contributed by atoms with Crippen molar-refractivity contribution in [3.63, 3.8) is 0 Å². The fourth-order valence-corrected chi connectivity index (χ4v) is 1.86. The first-order valence-electron chi connectivity index (χ1n) is 6.66. The summed E-state index contributed by atoms with van der Waals surface area (Å²) in [7, 11) is 1.67. The first kappa shape index (κ1) is 14.8. The number of rotatable bonds is 7. The van der Waals surface area contributed by atoms with Gasteiger partial charge < -0.3 is 13.9 Å². The van der Waals surface area contributed by atoms with Crippen LogP contribution in [0.5, 0.6) is 0 Å². The number of methoxy groups -OCH3 is 1. The lowest BCUT2D eigenvalue weighted by atomic mass is 10.1. The molecule has 108 valence electrons. The second kappa shape index (κ2) is 6.20. The molecule has 1 heterocycles. The Hall–Kier alpha value is -1.65. The Bertz CT molecular complexity index is 583. The number of Topliss-reactive ketones (excluding diaryl/α,β-unsaturated/α-hetero) is 1. The highest BCUT2D eigenvalue weighted by molar-refractivity contribution is 6.07. The molecule has 0 amide bonds. The minimum absolute atomic E-state index is 0.0589. The SMILES string of the molecule is COC(C)(C)CCOCC(=O)c1coc2ccccc12. The number of ether oxygens (including phenoxy) is 2. The summed E-state index contributed by atoms with van der Waals surface area (Å²) in [4.78, 5) is 12.1. The van der Waals surface area contributed by atoms with Crippen LogP contribution in [-0.2, 0) is 9.47 Å². The van der Waals surface area contributed by atoms with Crippen molar-refractivity contribution in [3.05, 3.63) is 36.1 Å². The molecule has 0 aliphatic carbocycles. The van der Waals surface area contributed by atoms with E-state index in [-0.39, 0.29) is 18.0 Å². The molecule has 2 aromatic rings. The smallest absolute Gasteiger partial charge is 0.192 e. The van der Waals surface area contributed by atoms with E-state index < -0.39 is 0 Å². The van der Waals surface area contributed by atoms with E-state index in [4.69, 9.17) is 13.9 Å². The molecule has 4 heteroatoms. The Morgan fingerprint density at radius 2 is 2.05 bits per heavy atom. The lowest BCUT2D eigenvalue weighted by Gasteiger charge is -2.22. The predicted molar refractivity (Wildman–Crippen MR) is 77.1 cm³/mol. The van der Waals surface area contributed by atoms with Crippen molar-refractivity contribution in [3.8, 4) is 0 Å². The molecule has 0 bridgehead atoms. The number of carbonyl (C=O) groups is 1. The van der Waals surface area contributed by atoms with E-state index in [2.05, 4.69) is 0 Å². The number of hydrogen-bond acceptors (Lipinski definition) is 4. The molecular weight excluding hydrogens is 256 g/mol. The molecule has 1 aromatic heterocycles. The van der Waals surface area contributed by atoms with Gasteiger partial charge in [0.1, 0.15) is 18.5 Å². The van der Waals surface area contributed by atoms with Crippen molar-refractivity contribution in [1.29, 1.82) is 0 Å². The van der Waals surface area contributed by atoms with Gasteiger partial charge in [0.05, 0.1) is 11.2 Å². The first-order valence-corrected chi connectivity index (χ1v) is 6.66. The molecule has 0 spiro atoms.